The Kier molecular flexibility index (Phi) is 6.71. The summed E-state index contributed by atoms with van der Waals surface area (Å²) in [5, 5.41) is 2.79. The number of hydrogen-bond donors (Lipinski definition) is 2. The fourth-order valence-corrected chi connectivity index (χ4v) is 2.79. The van der Waals surface area contributed by atoms with Gasteiger partial charge in [-0.05, 0) is 36.2 Å². The van der Waals surface area contributed by atoms with Crippen molar-refractivity contribution in [2.24, 2.45) is 11.7 Å². The molecule has 142 valence electrons. The highest BCUT2D eigenvalue weighted by atomic mass is 35.5. The van der Waals surface area contributed by atoms with Crippen molar-refractivity contribution in [3.63, 3.8) is 0 Å². The molecule has 1 atom stereocenters. The SMILES string of the molecule is CC(CN)CNC(=O)c1ccc2c(c1)C(=O)N(Cc1ccccc1)C2=O.Cl. The van der Waals surface area contributed by atoms with Crippen LogP contribution in [0.5, 0.6) is 0 Å². The molecule has 1 aliphatic heterocycles. The molecule has 0 spiro atoms. The van der Waals surface area contributed by atoms with Gasteiger partial charge in [-0.15, -0.1) is 12.4 Å². The number of halogens is 1. The summed E-state index contributed by atoms with van der Waals surface area (Å²) in [5.74, 6) is -0.829. The molecule has 1 unspecified atom stereocenters. The number of carbonyl (C=O) groups is 3. The van der Waals surface area contributed by atoms with E-state index in [0.717, 1.165) is 5.56 Å². The maximum Gasteiger partial charge on any atom is 0.261 e. The maximum atomic E-state index is 12.7. The molecule has 0 bridgehead atoms. The third-order valence-corrected chi connectivity index (χ3v) is 4.43. The average Bonchev–Trinajstić information content (AvgIpc) is 2.91. The van der Waals surface area contributed by atoms with E-state index in [9.17, 15) is 14.4 Å². The number of nitrogens with two attached hydrogens (primary N) is 1. The molecule has 3 amide bonds. The molecule has 0 saturated carbocycles. The van der Waals surface area contributed by atoms with Gasteiger partial charge in [0.2, 0.25) is 0 Å². The Balaban J connectivity index is 0.00000261. The molecule has 0 radical (unpaired) electrons. The summed E-state index contributed by atoms with van der Waals surface area (Å²) in [6.07, 6.45) is 0. The number of carbonyl (C=O) groups excluding carboxylic acids is 3. The van der Waals surface area contributed by atoms with Crippen LogP contribution < -0.4 is 11.1 Å². The van der Waals surface area contributed by atoms with Gasteiger partial charge in [-0.2, -0.15) is 0 Å². The third kappa shape index (κ3) is 4.35. The smallest absolute Gasteiger partial charge is 0.261 e. The van der Waals surface area contributed by atoms with Gasteiger partial charge < -0.3 is 11.1 Å². The predicted molar refractivity (Wildman–Crippen MR) is 105 cm³/mol. The number of rotatable bonds is 6. The van der Waals surface area contributed by atoms with Crippen LogP contribution >= 0.6 is 12.4 Å². The van der Waals surface area contributed by atoms with Crippen molar-refractivity contribution < 1.29 is 14.4 Å². The van der Waals surface area contributed by atoms with Crippen molar-refractivity contribution in [2.75, 3.05) is 13.1 Å². The Morgan fingerprint density at radius 1 is 1.07 bits per heavy atom. The van der Waals surface area contributed by atoms with Gasteiger partial charge in [-0.3, -0.25) is 19.3 Å². The molecule has 2 aromatic rings. The van der Waals surface area contributed by atoms with Crippen molar-refractivity contribution in [3.8, 4) is 0 Å². The van der Waals surface area contributed by atoms with Gasteiger partial charge in [0.25, 0.3) is 17.7 Å². The zero-order valence-electron chi connectivity index (χ0n) is 15.0. The number of benzene rings is 2. The van der Waals surface area contributed by atoms with Crippen LogP contribution in [-0.2, 0) is 6.54 Å². The van der Waals surface area contributed by atoms with Crippen LogP contribution in [0, 0.1) is 5.92 Å². The Morgan fingerprint density at radius 2 is 1.74 bits per heavy atom. The molecule has 3 rings (SSSR count). The van der Waals surface area contributed by atoms with E-state index in [-0.39, 0.29) is 48.2 Å². The largest absolute Gasteiger partial charge is 0.352 e. The van der Waals surface area contributed by atoms with Gasteiger partial charge in [0.15, 0.2) is 0 Å². The fraction of sp³-hybridized carbons (Fsp3) is 0.250. The zero-order chi connectivity index (χ0) is 18.7. The predicted octanol–water partition coefficient (Wildman–Crippen LogP) is 2.23. The summed E-state index contributed by atoms with van der Waals surface area (Å²) >= 11 is 0. The molecule has 0 aliphatic carbocycles. The molecule has 0 fully saturated rings. The molecule has 27 heavy (non-hydrogen) atoms. The van der Waals surface area contributed by atoms with Crippen molar-refractivity contribution >= 4 is 30.1 Å². The van der Waals surface area contributed by atoms with E-state index in [1.807, 2.05) is 37.3 Å². The minimum atomic E-state index is -0.376. The van der Waals surface area contributed by atoms with E-state index in [1.54, 1.807) is 12.1 Å². The zero-order valence-corrected chi connectivity index (χ0v) is 15.8. The average molecular weight is 388 g/mol. The number of imide groups is 1. The summed E-state index contributed by atoms with van der Waals surface area (Å²) in [7, 11) is 0. The lowest BCUT2D eigenvalue weighted by molar-refractivity contribution is 0.0642. The molecular weight excluding hydrogens is 366 g/mol. The second-order valence-corrected chi connectivity index (χ2v) is 6.49. The Morgan fingerprint density at radius 3 is 2.41 bits per heavy atom. The van der Waals surface area contributed by atoms with Crippen LogP contribution in [0.2, 0.25) is 0 Å². The highest BCUT2D eigenvalue weighted by Gasteiger charge is 2.35. The Hall–Kier alpha value is -2.70. The molecule has 3 N–H and O–H groups in total. The first-order chi connectivity index (χ1) is 12.5. The first-order valence-electron chi connectivity index (χ1n) is 8.53. The van der Waals surface area contributed by atoms with Crippen LogP contribution in [0.25, 0.3) is 0 Å². The van der Waals surface area contributed by atoms with Gasteiger partial charge in [-0.1, -0.05) is 37.3 Å². The summed E-state index contributed by atoms with van der Waals surface area (Å²) in [4.78, 5) is 38.7. The van der Waals surface area contributed by atoms with Crippen molar-refractivity contribution in [2.45, 2.75) is 13.5 Å². The number of nitrogens with zero attached hydrogens (tertiary/aromatic N) is 1. The summed E-state index contributed by atoms with van der Waals surface area (Å²) in [6.45, 7) is 3.08. The molecule has 6 nitrogen and oxygen atoms in total. The standard InChI is InChI=1S/C20H21N3O3.ClH/c1-13(10-21)11-22-18(24)15-7-8-16-17(9-15)20(26)23(19(16)25)12-14-5-3-2-4-6-14;/h2-9,13H,10-12,21H2,1H3,(H,22,24);1H. The highest BCUT2D eigenvalue weighted by Crippen LogP contribution is 2.25. The summed E-state index contributed by atoms with van der Waals surface area (Å²) < 4.78 is 0. The summed E-state index contributed by atoms with van der Waals surface area (Å²) in [5.41, 5.74) is 7.37. The van der Waals surface area contributed by atoms with Gasteiger partial charge in [0.1, 0.15) is 0 Å². The third-order valence-electron chi connectivity index (χ3n) is 4.43. The van der Waals surface area contributed by atoms with Crippen LogP contribution in [0.3, 0.4) is 0 Å². The van der Waals surface area contributed by atoms with Crippen LogP contribution in [0.4, 0.5) is 0 Å². The Labute approximate surface area is 164 Å². The number of fused-ring (bicyclic) bond motifs is 1. The molecule has 1 heterocycles. The minimum absolute atomic E-state index is 0. The number of amides is 3. The van der Waals surface area contributed by atoms with E-state index >= 15 is 0 Å². The second kappa shape index (κ2) is 8.79. The lowest BCUT2D eigenvalue weighted by Crippen LogP contribution is -2.31. The lowest BCUT2D eigenvalue weighted by Gasteiger charge is -2.13. The lowest BCUT2D eigenvalue weighted by atomic mass is 10.0. The molecule has 0 aromatic heterocycles. The minimum Gasteiger partial charge on any atom is -0.352 e. The first-order valence-corrected chi connectivity index (χ1v) is 8.53. The van der Waals surface area contributed by atoms with Gasteiger partial charge in [-0.25, -0.2) is 0 Å². The molecule has 7 heteroatoms. The first kappa shape index (κ1) is 20.6. The van der Waals surface area contributed by atoms with E-state index in [2.05, 4.69) is 5.32 Å². The quantitative estimate of drug-likeness (QED) is 0.743. The maximum absolute atomic E-state index is 12.7. The van der Waals surface area contributed by atoms with E-state index in [1.165, 1.54) is 11.0 Å². The fourth-order valence-electron chi connectivity index (χ4n) is 2.79. The van der Waals surface area contributed by atoms with E-state index < -0.39 is 0 Å². The number of hydrogen-bond acceptors (Lipinski definition) is 4. The van der Waals surface area contributed by atoms with Gasteiger partial charge in [0, 0.05) is 12.1 Å². The highest BCUT2D eigenvalue weighted by molar-refractivity contribution is 6.22. The van der Waals surface area contributed by atoms with Gasteiger partial charge in [0.05, 0.1) is 17.7 Å². The monoisotopic (exact) mass is 387 g/mol. The molecule has 1 aliphatic rings. The van der Waals surface area contributed by atoms with Crippen LogP contribution in [-0.4, -0.2) is 35.7 Å². The second-order valence-electron chi connectivity index (χ2n) is 6.49. The van der Waals surface area contributed by atoms with Crippen LogP contribution in [0.15, 0.2) is 48.5 Å². The van der Waals surface area contributed by atoms with Crippen molar-refractivity contribution in [3.05, 3.63) is 70.8 Å². The number of nitrogens with one attached hydrogen (secondary N) is 1. The van der Waals surface area contributed by atoms with E-state index in [0.29, 0.717) is 24.2 Å². The molecule has 2 aromatic carbocycles. The summed E-state index contributed by atoms with van der Waals surface area (Å²) in [6, 6.07) is 13.9. The Bertz CT molecular complexity index is 855. The van der Waals surface area contributed by atoms with Crippen LogP contribution in [0.1, 0.15) is 43.6 Å². The molecule has 0 saturated heterocycles. The molecular formula is C20H22ClN3O3. The van der Waals surface area contributed by atoms with Crippen molar-refractivity contribution in [1.29, 1.82) is 0 Å². The van der Waals surface area contributed by atoms with Gasteiger partial charge >= 0.3 is 0 Å². The normalized spacial score (nSPS) is 13.8. The van der Waals surface area contributed by atoms with Crippen molar-refractivity contribution in [1.82, 2.24) is 10.2 Å². The topological polar surface area (TPSA) is 92.5 Å². The van der Waals surface area contributed by atoms with E-state index in [4.69, 9.17) is 5.73 Å².